The van der Waals surface area contributed by atoms with E-state index in [0.29, 0.717) is 5.92 Å². The molecule has 0 radical (unpaired) electrons. The fourth-order valence-electron chi connectivity index (χ4n) is 9.81. The zero-order valence-corrected chi connectivity index (χ0v) is 30.7. The third-order valence-electron chi connectivity index (χ3n) is 12.3. The van der Waals surface area contributed by atoms with E-state index in [2.05, 4.69) is 194 Å². The Morgan fingerprint density at radius 2 is 1.47 bits per heavy atom. The van der Waals surface area contributed by atoms with Crippen molar-refractivity contribution in [1.29, 1.82) is 0 Å². The molecule has 3 heterocycles. The summed E-state index contributed by atoms with van der Waals surface area (Å²) in [6.45, 7) is 4.83. The topological polar surface area (TPSA) is 22.9 Å². The van der Waals surface area contributed by atoms with Crippen molar-refractivity contribution in [3.8, 4) is 0 Å². The minimum Gasteiger partial charge on any atom is -0.456 e. The van der Waals surface area contributed by atoms with E-state index < -0.39 is 0 Å². The number of hydrazine groups is 1. The van der Waals surface area contributed by atoms with Crippen molar-refractivity contribution in [2.75, 3.05) is 17.0 Å². The summed E-state index contributed by atoms with van der Waals surface area (Å²) in [6, 6.07) is 36.0. The molecule has 0 N–H and O–H groups in total. The molecule has 4 nitrogen and oxygen atoms in total. The molecule has 4 unspecified atom stereocenters. The molecule has 0 amide bonds. The second-order valence-electron chi connectivity index (χ2n) is 15.6. The van der Waals surface area contributed by atoms with Gasteiger partial charge in [0.05, 0.1) is 17.8 Å². The maximum Gasteiger partial charge on any atom is 0.143 e. The zero-order valence-electron chi connectivity index (χ0n) is 30.7. The predicted molar refractivity (Wildman–Crippen MR) is 220 cm³/mol. The van der Waals surface area contributed by atoms with Gasteiger partial charge in [0.2, 0.25) is 0 Å². The molecule has 1 aromatic heterocycles. The first-order chi connectivity index (χ1) is 26.0. The van der Waals surface area contributed by atoms with Crippen molar-refractivity contribution in [2.24, 2.45) is 11.8 Å². The third-order valence-corrected chi connectivity index (χ3v) is 12.3. The van der Waals surface area contributed by atoms with E-state index >= 15 is 0 Å². The summed E-state index contributed by atoms with van der Waals surface area (Å²) in [5.41, 5.74) is 12.0. The van der Waals surface area contributed by atoms with Crippen LogP contribution in [0.2, 0.25) is 0 Å². The van der Waals surface area contributed by atoms with Crippen LogP contribution < -0.4 is 20.5 Å². The van der Waals surface area contributed by atoms with Crippen molar-refractivity contribution in [1.82, 2.24) is 5.01 Å². The Kier molecular flexibility index (Phi) is 7.59. The van der Waals surface area contributed by atoms with Gasteiger partial charge in [-0.2, -0.15) is 0 Å². The summed E-state index contributed by atoms with van der Waals surface area (Å²) in [4.78, 5) is 2.62. The van der Waals surface area contributed by atoms with Crippen LogP contribution in [0.4, 0.5) is 17.1 Å². The number of anilines is 3. The highest BCUT2D eigenvalue weighted by Gasteiger charge is 2.46. The molecule has 5 aliphatic rings. The SMILES string of the molecule is CN1C(c2ccccc2)C(c2cc(N3c4ccccc4C(C)(C)C4C=CC=CC43)cc3c4c(oc23)=CCCC=4)=C(C2C=CC=CC2)N1c1ccccc1. The molecule has 4 atom stereocenters. The molecule has 5 aromatic rings. The predicted octanol–water partition coefficient (Wildman–Crippen LogP) is 10.3. The second kappa shape index (κ2) is 12.5. The van der Waals surface area contributed by atoms with E-state index in [4.69, 9.17) is 4.42 Å². The highest BCUT2D eigenvalue weighted by Crippen LogP contribution is 2.54. The number of likely N-dealkylation sites (N-methyl/N-ethyl adjacent to an activating group) is 1. The van der Waals surface area contributed by atoms with Gasteiger partial charge in [0.15, 0.2) is 0 Å². The Hall–Kier alpha value is -5.58. The fraction of sp³-hybridized carbons (Fsp3) is 0.224. The minimum atomic E-state index is -0.0444. The summed E-state index contributed by atoms with van der Waals surface area (Å²) in [7, 11) is 2.25. The van der Waals surface area contributed by atoms with Crippen LogP contribution in [0.25, 0.3) is 28.7 Å². The maximum atomic E-state index is 7.05. The monoisotopic (exact) mass is 691 g/mol. The van der Waals surface area contributed by atoms with Crippen LogP contribution in [0.5, 0.6) is 0 Å². The van der Waals surface area contributed by atoms with Gasteiger partial charge in [0.25, 0.3) is 0 Å². The van der Waals surface area contributed by atoms with Crippen LogP contribution in [-0.2, 0) is 5.41 Å². The molecule has 4 heteroatoms. The number of allylic oxidation sites excluding steroid dienone is 6. The van der Waals surface area contributed by atoms with E-state index in [-0.39, 0.29) is 23.4 Å². The third kappa shape index (κ3) is 4.99. The fourth-order valence-corrected chi connectivity index (χ4v) is 9.81. The van der Waals surface area contributed by atoms with Crippen LogP contribution in [0.1, 0.15) is 55.8 Å². The van der Waals surface area contributed by atoms with Gasteiger partial charge in [-0.15, -0.1) is 0 Å². The smallest absolute Gasteiger partial charge is 0.143 e. The first kappa shape index (κ1) is 32.1. The van der Waals surface area contributed by atoms with Gasteiger partial charge < -0.3 is 9.32 Å². The van der Waals surface area contributed by atoms with Crippen molar-refractivity contribution >= 4 is 45.8 Å². The number of fused-ring (bicyclic) bond motifs is 5. The van der Waals surface area contributed by atoms with Gasteiger partial charge >= 0.3 is 0 Å². The van der Waals surface area contributed by atoms with Gasteiger partial charge in [0.1, 0.15) is 11.0 Å². The van der Waals surface area contributed by atoms with Crippen molar-refractivity contribution in [3.05, 3.63) is 179 Å². The van der Waals surface area contributed by atoms with Crippen molar-refractivity contribution in [2.45, 2.75) is 50.6 Å². The number of hydrogen-bond acceptors (Lipinski definition) is 4. The summed E-state index contributed by atoms with van der Waals surface area (Å²) in [5, 5.41) is 7.34. The number of para-hydroxylation sites is 2. The second-order valence-corrected chi connectivity index (χ2v) is 15.6. The Labute approximate surface area is 312 Å². The lowest BCUT2D eigenvalue weighted by Crippen LogP contribution is -2.49. The molecule has 3 aliphatic carbocycles. The van der Waals surface area contributed by atoms with E-state index in [0.717, 1.165) is 35.9 Å². The minimum absolute atomic E-state index is 0.0250. The van der Waals surface area contributed by atoms with Gasteiger partial charge in [-0.25, -0.2) is 5.01 Å². The Morgan fingerprint density at radius 1 is 0.736 bits per heavy atom. The summed E-state index contributed by atoms with van der Waals surface area (Å²) in [5.74, 6) is 0.497. The molecule has 2 aliphatic heterocycles. The van der Waals surface area contributed by atoms with E-state index in [1.165, 1.54) is 49.9 Å². The maximum absolute atomic E-state index is 7.05. The summed E-state index contributed by atoms with van der Waals surface area (Å²) < 4.78 is 7.05. The molecule has 4 aromatic carbocycles. The quantitative estimate of drug-likeness (QED) is 0.183. The Balaban J connectivity index is 1.32. The van der Waals surface area contributed by atoms with E-state index in [9.17, 15) is 0 Å². The summed E-state index contributed by atoms with van der Waals surface area (Å²) in [6.07, 6.45) is 26.0. The number of hydrogen-bond donors (Lipinski definition) is 0. The first-order valence-electron chi connectivity index (χ1n) is 19.2. The van der Waals surface area contributed by atoms with Gasteiger partial charge in [0, 0.05) is 63.1 Å². The lowest BCUT2D eigenvalue weighted by Gasteiger charge is -2.50. The molecule has 53 heavy (non-hydrogen) atoms. The molecule has 0 fully saturated rings. The molecule has 0 saturated carbocycles. The number of benzene rings is 4. The lowest BCUT2D eigenvalue weighted by atomic mass is 9.65. The van der Waals surface area contributed by atoms with Gasteiger partial charge in [-0.1, -0.05) is 135 Å². The average molecular weight is 692 g/mol. The highest BCUT2D eigenvalue weighted by molar-refractivity contribution is 5.98. The number of nitrogens with zero attached hydrogens (tertiary/aromatic N) is 3. The van der Waals surface area contributed by atoms with Crippen molar-refractivity contribution < 1.29 is 4.42 Å². The first-order valence-corrected chi connectivity index (χ1v) is 19.2. The van der Waals surface area contributed by atoms with E-state index in [1.54, 1.807) is 0 Å². The van der Waals surface area contributed by atoms with Crippen LogP contribution in [0.3, 0.4) is 0 Å². The summed E-state index contributed by atoms with van der Waals surface area (Å²) >= 11 is 0. The Morgan fingerprint density at radius 3 is 2.28 bits per heavy atom. The molecule has 0 saturated heterocycles. The zero-order chi connectivity index (χ0) is 35.7. The van der Waals surface area contributed by atoms with Gasteiger partial charge in [-0.05, 0) is 66.8 Å². The number of rotatable bonds is 5. The molecule has 262 valence electrons. The standard InChI is InChI=1S/C49H45N3O/c1-49(2)40-26-14-16-28-42(40)51(43-29-17-15-27-41(43)49)36-31-38-37-25-13-18-30-44(37)53-48(38)39(32-36)45-46(33-19-7-4-8-20-33)50(3)52(35-23-11-6-12-24-35)47(45)34-21-9-5-10-22-34/h4-12,14-17,19-21,23-32,34,40,42,46H,13,18,22H2,1-3H3. The average Bonchev–Trinajstić information content (AvgIpc) is 3.74. The normalized spacial score (nSPS) is 24.2. The van der Waals surface area contributed by atoms with Crippen LogP contribution in [-0.4, -0.2) is 18.1 Å². The Bertz CT molecular complexity index is 2510. The van der Waals surface area contributed by atoms with Crippen LogP contribution in [0.15, 0.2) is 156 Å². The largest absolute Gasteiger partial charge is 0.456 e. The number of furan rings is 1. The molecule has 0 spiro atoms. The van der Waals surface area contributed by atoms with E-state index in [1.807, 2.05) is 0 Å². The van der Waals surface area contributed by atoms with Crippen LogP contribution in [0, 0.1) is 11.8 Å². The molecular weight excluding hydrogens is 647 g/mol. The van der Waals surface area contributed by atoms with Gasteiger partial charge in [-0.3, -0.25) is 5.01 Å². The van der Waals surface area contributed by atoms with Crippen LogP contribution >= 0.6 is 0 Å². The molecular formula is C49H45N3O. The molecule has 10 rings (SSSR count). The lowest BCUT2D eigenvalue weighted by molar-refractivity contribution is 0.306. The highest BCUT2D eigenvalue weighted by atomic mass is 16.3. The molecule has 0 bridgehead atoms. The van der Waals surface area contributed by atoms with Crippen molar-refractivity contribution in [3.63, 3.8) is 0 Å².